The molecule has 1 heterocycles. The highest BCUT2D eigenvalue weighted by Crippen LogP contribution is 2.38. The van der Waals surface area contributed by atoms with Gasteiger partial charge in [0.1, 0.15) is 0 Å². The number of rotatable bonds is 7. The first kappa shape index (κ1) is 19.9. The number of esters is 1. The summed E-state index contributed by atoms with van der Waals surface area (Å²) >= 11 is 5.17. The summed E-state index contributed by atoms with van der Waals surface area (Å²) in [6.07, 6.45) is 3.87. The van der Waals surface area contributed by atoms with Crippen LogP contribution in [0.1, 0.15) is 25.3 Å². The zero-order chi connectivity index (χ0) is 18.9. The summed E-state index contributed by atoms with van der Waals surface area (Å²) in [6, 6.07) is 3.35. The van der Waals surface area contributed by atoms with Crippen LogP contribution in [0.5, 0.6) is 17.2 Å². The molecule has 1 unspecified atom stereocenters. The van der Waals surface area contributed by atoms with Crippen molar-refractivity contribution in [2.45, 2.75) is 25.9 Å². The van der Waals surface area contributed by atoms with Gasteiger partial charge in [-0.1, -0.05) is 0 Å². The minimum atomic E-state index is -0.465. The molecule has 0 radical (unpaired) electrons. The van der Waals surface area contributed by atoms with Gasteiger partial charge in [-0.2, -0.15) is 5.10 Å². The molecule has 0 aliphatic carbocycles. The number of nitrogens with zero attached hydrogens (tertiary/aromatic N) is 1. The maximum atomic E-state index is 11.2. The fourth-order valence-corrected chi connectivity index (χ4v) is 2.57. The molecule has 0 bridgehead atoms. The molecule has 142 valence electrons. The van der Waals surface area contributed by atoms with Gasteiger partial charge in [0.05, 0.1) is 26.5 Å². The molecule has 0 aromatic heterocycles. The molecule has 1 saturated heterocycles. The molecule has 2 rings (SSSR count). The maximum absolute atomic E-state index is 11.2. The first-order chi connectivity index (χ1) is 12.5. The van der Waals surface area contributed by atoms with Crippen molar-refractivity contribution in [3.8, 4) is 17.2 Å². The highest BCUT2D eigenvalue weighted by molar-refractivity contribution is 7.80. The molecular weight excluding hydrogens is 358 g/mol. The summed E-state index contributed by atoms with van der Waals surface area (Å²) in [6.45, 7) is 2.76. The van der Waals surface area contributed by atoms with E-state index in [4.69, 9.17) is 31.2 Å². The van der Waals surface area contributed by atoms with Crippen LogP contribution >= 0.6 is 12.2 Å². The van der Waals surface area contributed by atoms with E-state index in [1.807, 2.05) is 0 Å². The Bertz CT molecular complexity index is 649. The molecule has 8 nitrogen and oxygen atoms in total. The minimum Gasteiger partial charge on any atom is -0.493 e. The number of carbonyl (C=O) groups excluding carboxylic acids is 1. The number of methoxy groups -OCH3 is 2. The van der Waals surface area contributed by atoms with E-state index in [1.54, 1.807) is 18.3 Å². The van der Waals surface area contributed by atoms with Crippen LogP contribution in [0.3, 0.4) is 0 Å². The lowest BCUT2D eigenvalue weighted by molar-refractivity contribution is -0.132. The average molecular weight is 381 g/mol. The highest BCUT2D eigenvalue weighted by atomic mass is 32.1. The van der Waals surface area contributed by atoms with Gasteiger partial charge in [-0.3, -0.25) is 10.2 Å². The van der Waals surface area contributed by atoms with Gasteiger partial charge in [0.2, 0.25) is 5.75 Å². The van der Waals surface area contributed by atoms with Crippen molar-refractivity contribution >= 4 is 29.5 Å². The Morgan fingerprint density at radius 1 is 1.38 bits per heavy atom. The van der Waals surface area contributed by atoms with E-state index >= 15 is 0 Å². The number of hydrogen-bond acceptors (Lipinski definition) is 7. The SMILES string of the molecule is COc1cc(/C=N/NC(=S)NCC2CCCO2)cc(OC)c1OC(C)=O. The van der Waals surface area contributed by atoms with Gasteiger partial charge in [-0.15, -0.1) is 0 Å². The van der Waals surface area contributed by atoms with Crippen LogP contribution < -0.4 is 25.0 Å². The Morgan fingerprint density at radius 3 is 2.62 bits per heavy atom. The van der Waals surface area contributed by atoms with Crippen molar-refractivity contribution in [2.24, 2.45) is 5.10 Å². The molecule has 1 aliphatic heterocycles. The van der Waals surface area contributed by atoms with E-state index in [0.717, 1.165) is 19.4 Å². The number of carbonyl (C=O) groups is 1. The second-order valence-corrected chi connectivity index (χ2v) is 5.97. The lowest BCUT2D eigenvalue weighted by Gasteiger charge is -2.13. The molecule has 0 spiro atoms. The van der Waals surface area contributed by atoms with Gasteiger partial charge in [0.25, 0.3) is 0 Å². The smallest absolute Gasteiger partial charge is 0.308 e. The van der Waals surface area contributed by atoms with E-state index in [9.17, 15) is 4.79 Å². The van der Waals surface area contributed by atoms with Gasteiger partial charge < -0.3 is 24.3 Å². The van der Waals surface area contributed by atoms with Gasteiger partial charge in [0.15, 0.2) is 16.6 Å². The average Bonchev–Trinajstić information content (AvgIpc) is 3.14. The molecule has 1 aromatic rings. The molecule has 1 aromatic carbocycles. The quantitative estimate of drug-likeness (QED) is 0.242. The summed E-state index contributed by atoms with van der Waals surface area (Å²) in [7, 11) is 2.95. The van der Waals surface area contributed by atoms with Crippen LogP contribution in [0.2, 0.25) is 0 Å². The number of nitrogens with one attached hydrogen (secondary N) is 2. The molecule has 1 fully saturated rings. The van der Waals surface area contributed by atoms with Gasteiger partial charge >= 0.3 is 5.97 Å². The second-order valence-electron chi connectivity index (χ2n) is 5.56. The van der Waals surface area contributed by atoms with Crippen LogP contribution in [-0.2, 0) is 9.53 Å². The predicted molar refractivity (Wildman–Crippen MR) is 101 cm³/mol. The normalized spacial score (nSPS) is 16.3. The number of ether oxygens (including phenoxy) is 4. The van der Waals surface area contributed by atoms with E-state index in [-0.39, 0.29) is 11.9 Å². The summed E-state index contributed by atoms with van der Waals surface area (Å²) in [5.74, 6) is 0.480. The molecular formula is C17H23N3O5S. The summed E-state index contributed by atoms with van der Waals surface area (Å²) in [5.41, 5.74) is 3.43. The minimum absolute atomic E-state index is 0.195. The Labute approximate surface area is 157 Å². The third-order valence-corrected chi connectivity index (χ3v) is 3.86. The van der Waals surface area contributed by atoms with Crippen LogP contribution in [-0.4, -0.2) is 50.8 Å². The lowest BCUT2D eigenvalue weighted by Crippen LogP contribution is -2.37. The predicted octanol–water partition coefficient (Wildman–Crippen LogP) is 1.61. The Balaban J connectivity index is 1.97. The monoisotopic (exact) mass is 381 g/mol. The standard InChI is InChI=1S/C17H23N3O5S/c1-11(21)25-16-14(22-2)7-12(8-15(16)23-3)9-19-20-17(26)18-10-13-5-4-6-24-13/h7-9,13H,4-6,10H2,1-3H3,(H2,18,20,26)/b19-9+. The molecule has 0 saturated carbocycles. The third kappa shape index (κ3) is 5.85. The van der Waals surface area contributed by atoms with Gasteiger partial charge in [-0.05, 0) is 37.2 Å². The van der Waals surface area contributed by atoms with Crippen molar-refractivity contribution in [3.05, 3.63) is 17.7 Å². The molecule has 9 heteroatoms. The van der Waals surface area contributed by atoms with Crippen LogP contribution in [0.4, 0.5) is 0 Å². The molecule has 0 amide bonds. The zero-order valence-electron chi connectivity index (χ0n) is 15.0. The van der Waals surface area contributed by atoms with Crippen molar-refractivity contribution in [3.63, 3.8) is 0 Å². The third-order valence-electron chi connectivity index (χ3n) is 3.62. The summed E-state index contributed by atoms with van der Waals surface area (Å²) in [5, 5.41) is 7.56. The number of benzene rings is 1. The Hall–Kier alpha value is -2.39. The van der Waals surface area contributed by atoms with Crippen molar-refractivity contribution in [1.29, 1.82) is 0 Å². The lowest BCUT2D eigenvalue weighted by atomic mass is 10.2. The van der Waals surface area contributed by atoms with E-state index in [1.165, 1.54) is 21.1 Å². The fourth-order valence-electron chi connectivity index (χ4n) is 2.44. The highest BCUT2D eigenvalue weighted by Gasteiger charge is 2.16. The summed E-state index contributed by atoms with van der Waals surface area (Å²) < 4.78 is 21.2. The Morgan fingerprint density at radius 2 is 2.08 bits per heavy atom. The molecule has 2 N–H and O–H groups in total. The van der Waals surface area contributed by atoms with E-state index < -0.39 is 5.97 Å². The summed E-state index contributed by atoms with van der Waals surface area (Å²) in [4.78, 5) is 11.2. The van der Waals surface area contributed by atoms with E-state index in [0.29, 0.717) is 28.7 Å². The second kappa shape index (κ2) is 9.93. The molecule has 26 heavy (non-hydrogen) atoms. The van der Waals surface area contributed by atoms with Crippen molar-refractivity contribution in [1.82, 2.24) is 10.7 Å². The zero-order valence-corrected chi connectivity index (χ0v) is 15.9. The van der Waals surface area contributed by atoms with Gasteiger partial charge in [-0.25, -0.2) is 0 Å². The molecule has 1 atom stereocenters. The maximum Gasteiger partial charge on any atom is 0.308 e. The first-order valence-electron chi connectivity index (χ1n) is 8.16. The Kier molecular flexibility index (Phi) is 7.61. The number of thiocarbonyl (C=S) groups is 1. The van der Waals surface area contributed by atoms with E-state index in [2.05, 4.69) is 15.8 Å². The topological polar surface area (TPSA) is 90.4 Å². The largest absolute Gasteiger partial charge is 0.493 e. The van der Waals surface area contributed by atoms with Gasteiger partial charge in [0, 0.05) is 25.6 Å². The number of hydrazone groups is 1. The number of hydrogen-bond donors (Lipinski definition) is 2. The van der Waals surface area contributed by atoms with Crippen LogP contribution in [0.25, 0.3) is 0 Å². The fraction of sp³-hybridized carbons (Fsp3) is 0.471. The van der Waals surface area contributed by atoms with Crippen LogP contribution in [0.15, 0.2) is 17.2 Å². The van der Waals surface area contributed by atoms with Crippen molar-refractivity contribution < 1.29 is 23.7 Å². The van der Waals surface area contributed by atoms with Crippen LogP contribution in [0, 0.1) is 0 Å². The molecule has 1 aliphatic rings. The first-order valence-corrected chi connectivity index (χ1v) is 8.57. The van der Waals surface area contributed by atoms with Crippen molar-refractivity contribution in [2.75, 3.05) is 27.4 Å².